The Morgan fingerprint density at radius 2 is 1.81 bits per heavy atom. The normalized spacial score (nSPS) is 12.2. The Hall–Kier alpha value is -0.950. The molecule has 0 aliphatic carbocycles. The van der Waals surface area contributed by atoms with E-state index in [0.717, 1.165) is 25.7 Å². The number of rotatable bonds is 10. The fourth-order valence-electron chi connectivity index (χ4n) is 2.36. The molecule has 1 aromatic rings. The number of carbonyl (C=O) groups is 1. The number of ether oxygens (including phenoxy) is 1. The summed E-state index contributed by atoms with van der Waals surface area (Å²) in [6.07, 6.45) is 4.63. The number of hydrogen-bond donors (Lipinski definition) is 3. The van der Waals surface area contributed by atoms with Gasteiger partial charge in [0, 0.05) is 6.42 Å². The van der Waals surface area contributed by atoms with Gasteiger partial charge in [-0.1, -0.05) is 79.5 Å². The summed E-state index contributed by atoms with van der Waals surface area (Å²) in [5, 5.41) is 8.69. The van der Waals surface area contributed by atoms with E-state index in [2.05, 4.69) is 22.9 Å². The molecule has 0 saturated carbocycles. The summed E-state index contributed by atoms with van der Waals surface area (Å²) in [5.74, 6) is 0.415. The molecule has 0 radical (unpaired) electrons. The Labute approximate surface area is 181 Å². The molecule has 5 nitrogen and oxygen atoms in total. The third-order valence-corrected chi connectivity index (χ3v) is 4.65. The van der Waals surface area contributed by atoms with Gasteiger partial charge in [-0.15, -0.1) is 0 Å². The zero-order chi connectivity index (χ0) is 20.3. The van der Waals surface area contributed by atoms with Gasteiger partial charge in [-0.3, -0.25) is 4.79 Å². The number of carbonyl (C=O) groups excluding carboxylic acids is 1. The quantitative estimate of drug-likeness (QED) is 0.197. The smallest absolute Gasteiger partial charge is 0.228 e. The highest BCUT2D eigenvalue weighted by molar-refractivity contribution is 7.80. The number of nitrogens with one attached hydrogen (secondary N) is 3. The van der Waals surface area contributed by atoms with Gasteiger partial charge in [0.1, 0.15) is 11.9 Å². The average Bonchev–Trinajstić information content (AvgIpc) is 2.60. The first-order chi connectivity index (χ1) is 12.8. The van der Waals surface area contributed by atoms with Crippen LogP contribution in [0.4, 0.5) is 5.69 Å². The van der Waals surface area contributed by atoms with Crippen molar-refractivity contribution in [1.29, 1.82) is 0 Å². The van der Waals surface area contributed by atoms with Crippen molar-refractivity contribution in [3.8, 4) is 5.75 Å². The molecule has 0 fully saturated rings. The molecule has 27 heavy (non-hydrogen) atoms. The predicted octanol–water partition coefficient (Wildman–Crippen LogP) is 5.15. The van der Waals surface area contributed by atoms with Crippen LogP contribution >= 0.6 is 47.0 Å². The van der Waals surface area contributed by atoms with E-state index < -0.39 is 9.96 Å². The second-order valence-electron chi connectivity index (χ2n) is 6.01. The molecule has 0 aromatic heterocycles. The molecule has 152 valence electrons. The monoisotopic (exact) mass is 453 g/mol. The van der Waals surface area contributed by atoms with Crippen LogP contribution in [0.1, 0.15) is 45.4 Å². The Morgan fingerprint density at radius 3 is 2.44 bits per heavy atom. The van der Waals surface area contributed by atoms with Crippen LogP contribution in [0.5, 0.6) is 5.75 Å². The molecule has 0 saturated heterocycles. The Morgan fingerprint density at radius 1 is 1.15 bits per heavy atom. The number of thiocarbonyl (C=S) groups is 1. The first-order valence-electron chi connectivity index (χ1n) is 8.84. The van der Waals surface area contributed by atoms with Gasteiger partial charge in [0.25, 0.3) is 0 Å². The topological polar surface area (TPSA) is 62.4 Å². The van der Waals surface area contributed by atoms with Crippen molar-refractivity contribution in [2.75, 3.05) is 12.4 Å². The number of para-hydroxylation sites is 2. The second kappa shape index (κ2) is 12.5. The summed E-state index contributed by atoms with van der Waals surface area (Å²) in [7, 11) is 1.56. The average molecular weight is 455 g/mol. The van der Waals surface area contributed by atoms with Gasteiger partial charge in [-0.25, -0.2) is 0 Å². The second-order valence-corrected chi connectivity index (χ2v) is 8.78. The Bertz CT molecular complexity index is 612. The lowest BCUT2D eigenvalue weighted by atomic mass is 10.1. The number of unbranched alkanes of at least 4 members (excludes halogenated alkanes) is 4. The molecule has 1 amide bonds. The van der Waals surface area contributed by atoms with Crippen molar-refractivity contribution in [1.82, 2.24) is 10.6 Å². The zero-order valence-electron chi connectivity index (χ0n) is 15.5. The summed E-state index contributed by atoms with van der Waals surface area (Å²) >= 11 is 23.3. The highest BCUT2D eigenvalue weighted by Crippen LogP contribution is 2.29. The van der Waals surface area contributed by atoms with Gasteiger partial charge in [-0.2, -0.15) is 0 Å². The van der Waals surface area contributed by atoms with Crippen LogP contribution in [0.2, 0.25) is 0 Å². The number of amides is 1. The Balaban J connectivity index is 2.59. The minimum Gasteiger partial charge on any atom is -0.495 e. The molecule has 0 spiro atoms. The standard InChI is InChI=1S/C18H26Cl3N3O2S/c1-3-4-5-6-7-12-15(25)23-16(18(19,20)21)24-17(27)22-13-10-8-9-11-14(13)26-2/h8-11,16H,3-7,12H2,1-2H3,(H,23,25)(H2,22,24,27)/t16-/m1/s1. The minimum atomic E-state index is -1.77. The molecule has 1 rings (SSSR count). The maximum absolute atomic E-state index is 12.2. The van der Waals surface area contributed by atoms with Crippen molar-refractivity contribution < 1.29 is 9.53 Å². The molecular formula is C18H26Cl3N3O2S. The lowest BCUT2D eigenvalue weighted by Gasteiger charge is -2.28. The predicted molar refractivity (Wildman–Crippen MR) is 118 cm³/mol. The van der Waals surface area contributed by atoms with Gasteiger partial charge >= 0.3 is 0 Å². The van der Waals surface area contributed by atoms with E-state index in [-0.39, 0.29) is 11.0 Å². The van der Waals surface area contributed by atoms with Crippen LogP contribution in [0, 0.1) is 0 Å². The summed E-state index contributed by atoms with van der Waals surface area (Å²) in [6.45, 7) is 2.14. The Kier molecular flexibility index (Phi) is 11.1. The van der Waals surface area contributed by atoms with Crippen LogP contribution in [-0.2, 0) is 4.79 Å². The molecule has 0 unspecified atom stereocenters. The SMILES string of the molecule is CCCCCCCC(=O)N[C@H](NC(=S)Nc1ccccc1OC)C(Cl)(Cl)Cl. The molecule has 0 aliphatic rings. The van der Waals surface area contributed by atoms with Crippen LogP contribution in [0.3, 0.4) is 0 Å². The van der Waals surface area contributed by atoms with Crippen LogP contribution < -0.4 is 20.7 Å². The number of hydrogen-bond acceptors (Lipinski definition) is 3. The third kappa shape index (κ3) is 9.70. The molecule has 9 heteroatoms. The number of halogens is 3. The molecule has 1 aromatic carbocycles. The van der Waals surface area contributed by atoms with Crippen LogP contribution in [0.15, 0.2) is 24.3 Å². The van der Waals surface area contributed by atoms with Crippen molar-refractivity contribution in [3.05, 3.63) is 24.3 Å². The maximum atomic E-state index is 12.2. The maximum Gasteiger partial charge on any atom is 0.228 e. The van der Waals surface area contributed by atoms with Crippen molar-refractivity contribution in [2.45, 2.75) is 55.4 Å². The van der Waals surface area contributed by atoms with Gasteiger partial charge in [0.2, 0.25) is 9.70 Å². The lowest BCUT2D eigenvalue weighted by molar-refractivity contribution is -0.122. The van der Waals surface area contributed by atoms with Gasteiger partial charge in [0.15, 0.2) is 5.11 Å². The third-order valence-electron chi connectivity index (χ3n) is 3.77. The largest absolute Gasteiger partial charge is 0.495 e. The summed E-state index contributed by atoms with van der Waals surface area (Å²) in [6, 6.07) is 7.26. The molecule has 0 aliphatic heterocycles. The van der Waals surface area contributed by atoms with E-state index >= 15 is 0 Å². The summed E-state index contributed by atoms with van der Waals surface area (Å²) < 4.78 is 3.48. The van der Waals surface area contributed by atoms with Crippen molar-refractivity contribution in [2.24, 2.45) is 0 Å². The lowest BCUT2D eigenvalue weighted by Crippen LogP contribution is -2.56. The van der Waals surface area contributed by atoms with Gasteiger partial charge in [-0.05, 0) is 30.8 Å². The van der Waals surface area contributed by atoms with E-state index in [1.807, 2.05) is 12.1 Å². The number of methoxy groups -OCH3 is 1. The highest BCUT2D eigenvalue weighted by atomic mass is 35.6. The van der Waals surface area contributed by atoms with E-state index in [0.29, 0.717) is 17.9 Å². The minimum absolute atomic E-state index is 0.194. The molecule has 0 heterocycles. The molecule has 1 atom stereocenters. The first kappa shape index (κ1) is 24.1. The van der Waals surface area contributed by atoms with E-state index in [1.165, 1.54) is 6.42 Å². The zero-order valence-corrected chi connectivity index (χ0v) is 18.6. The molecular weight excluding hydrogens is 429 g/mol. The number of alkyl halides is 3. The highest BCUT2D eigenvalue weighted by Gasteiger charge is 2.34. The van der Waals surface area contributed by atoms with Crippen molar-refractivity contribution >= 4 is 63.7 Å². The van der Waals surface area contributed by atoms with Crippen LogP contribution in [0.25, 0.3) is 0 Å². The van der Waals surface area contributed by atoms with Crippen molar-refractivity contribution in [3.63, 3.8) is 0 Å². The molecule has 3 N–H and O–H groups in total. The summed E-state index contributed by atoms with van der Waals surface area (Å²) in [5.41, 5.74) is 0.655. The fourth-order valence-corrected chi connectivity index (χ4v) is 2.91. The van der Waals surface area contributed by atoms with Crippen LogP contribution in [-0.4, -0.2) is 28.1 Å². The van der Waals surface area contributed by atoms with E-state index in [1.54, 1.807) is 19.2 Å². The van der Waals surface area contributed by atoms with Gasteiger partial charge in [0.05, 0.1) is 12.8 Å². The number of benzene rings is 1. The first-order valence-corrected chi connectivity index (χ1v) is 10.4. The van der Waals surface area contributed by atoms with E-state index in [9.17, 15) is 4.79 Å². The molecule has 0 bridgehead atoms. The number of anilines is 1. The van der Waals surface area contributed by atoms with E-state index in [4.69, 9.17) is 51.8 Å². The van der Waals surface area contributed by atoms with Gasteiger partial charge < -0.3 is 20.7 Å². The summed E-state index contributed by atoms with van der Waals surface area (Å²) in [4.78, 5) is 12.2. The fraction of sp³-hybridized carbons (Fsp3) is 0.556.